The molecule has 0 aliphatic carbocycles. The Morgan fingerprint density at radius 1 is 1.27 bits per heavy atom. The maximum atomic E-state index is 5.95. The molecule has 0 fully saturated rings. The molecular formula is C9H5BrCl2N2O. The van der Waals surface area contributed by atoms with Crippen LogP contribution in [0.15, 0.2) is 16.6 Å². The molecule has 0 radical (unpaired) electrons. The first kappa shape index (κ1) is 10.9. The molecule has 0 unspecified atom stereocenters. The predicted octanol–water partition coefficient (Wildman–Crippen LogP) is 3.71. The molecule has 78 valence electrons. The molecule has 0 N–H and O–H groups in total. The van der Waals surface area contributed by atoms with Gasteiger partial charge in [0.15, 0.2) is 0 Å². The van der Waals surface area contributed by atoms with Gasteiger partial charge in [0.2, 0.25) is 5.28 Å². The molecule has 0 amide bonds. The number of hydrogen-bond donors (Lipinski definition) is 0. The van der Waals surface area contributed by atoms with Gasteiger partial charge < -0.3 is 4.74 Å². The third-order valence-corrected chi connectivity index (χ3v) is 2.95. The van der Waals surface area contributed by atoms with Gasteiger partial charge in [-0.3, -0.25) is 0 Å². The van der Waals surface area contributed by atoms with Gasteiger partial charge in [0.1, 0.15) is 10.9 Å². The standard InChI is InChI=1S/C9H5BrCl2N2O/c1-15-4-2-5-7(6(10)3-4)13-9(12)14-8(5)11/h2-3H,1H3. The fourth-order valence-electron chi connectivity index (χ4n) is 1.22. The molecule has 0 saturated carbocycles. The molecule has 0 atom stereocenters. The number of benzene rings is 1. The Balaban J connectivity index is 2.85. The van der Waals surface area contributed by atoms with Crippen molar-refractivity contribution < 1.29 is 4.74 Å². The van der Waals surface area contributed by atoms with Crippen LogP contribution in [0.3, 0.4) is 0 Å². The minimum Gasteiger partial charge on any atom is -0.497 e. The Kier molecular flexibility index (Phi) is 3.00. The van der Waals surface area contributed by atoms with Gasteiger partial charge in [-0.2, -0.15) is 0 Å². The highest BCUT2D eigenvalue weighted by Gasteiger charge is 2.09. The highest BCUT2D eigenvalue weighted by Crippen LogP contribution is 2.32. The highest BCUT2D eigenvalue weighted by atomic mass is 79.9. The van der Waals surface area contributed by atoms with E-state index in [-0.39, 0.29) is 5.28 Å². The highest BCUT2D eigenvalue weighted by molar-refractivity contribution is 9.10. The first-order valence-corrected chi connectivity index (χ1v) is 5.53. The van der Waals surface area contributed by atoms with Gasteiger partial charge in [0, 0.05) is 9.86 Å². The molecule has 0 saturated heterocycles. The second kappa shape index (κ2) is 4.12. The summed E-state index contributed by atoms with van der Waals surface area (Å²) in [6.45, 7) is 0. The van der Waals surface area contributed by atoms with E-state index in [1.807, 2.05) is 0 Å². The molecule has 15 heavy (non-hydrogen) atoms. The van der Waals surface area contributed by atoms with E-state index in [0.29, 0.717) is 21.8 Å². The number of methoxy groups -OCH3 is 1. The van der Waals surface area contributed by atoms with Crippen LogP contribution in [0.1, 0.15) is 0 Å². The lowest BCUT2D eigenvalue weighted by atomic mass is 10.2. The van der Waals surface area contributed by atoms with Crippen LogP contribution in [0.25, 0.3) is 10.9 Å². The van der Waals surface area contributed by atoms with Gasteiger partial charge in [0.05, 0.1) is 12.6 Å². The second-order valence-corrected chi connectivity index (χ2v) is 4.34. The lowest BCUT2D eigenvalue weighted by molar-refractivity contribution is 0.415. The first-order chi connectivity index (χ1) is 7.11. The van der Waals surface area contributed by atoms with E-state index in [4.69, 9.17) is 27.9 Å². The Morgan fingerprint density at radius 3 is 2.67 bits per heavy atom. The second-order valence-electron chi connectivity index (χ2n) is 2.79. The molecule has 0 aliphatic heterocycles. The van der Waals surface area contributed by atoms with Crippen molar-refractivity contribution in [1.82, 2.24) is 9.97 Å². The lowest BCUT2D eigenvalue weighted by Crippen LogP contribution is -1.90. The van der Waals surface area contributed by atoms with E-state index in [9.17, 15) is 0 Å². The third kappa shape index (κ3) is 2.02. The number of ether oxygens (including phenoxy) is 1. The Hall–Kier alpha value is -0.580. The fraction of sp³-hybridized carbons (Fsp3) is 0.111. The summed E-state index contributed by atoms with van der Waals surface area (Å²) in [6.07, 6.45) is 0. The van der Waals surface area contributed by atoms with Crippen molar-refractivity contribution in [3.8, 4) is 5.75 Å². The summed E-state index contributed by atoms with van der Waals surface area (Å²) in [6, 6.07) is 3.56. The van der Waals surface area contributed by atoms with Crippen molar-refractivity contribution in [3.05, 3.63) is 27.0 Å². The van der Waals surface area contributed by atoms with E-state index in [2.05, 4.69) is 25.9 Å². The molecule has 1 heterocycles. The summed E-state index contributed by atoms with van der Waals surface area (Å²) in [5, 5.41) is 1.13. The zero-order chi connectivity index (χ0) is 11.0. The van der Waals surface area contributed by atoms with E-state index >= 15 is 0 Å². The van der Waals surface area contributed by atoms with Crippen LogP contribution in [0.4, 0.5) is 0 Å². The molecule has 2 rings (SSSR count). The molecular weight excluding hydrogens is 303 g/mol. The minimum absolute atomic E-state index is 0.123. The fourth-order valence-corrected chi connectivity index (χ4v) is 2.19. The number of aromatic nitrogens is 2. The van der Waals surface area contributed by atoms with Crippen molar-refractivity contribution in [2.24, 2.45) is 0 Å². The quantitative estimate of drug-likeness (QED) is 0.595. The van der Waals surface area contributed by atoms with Gasteiger partial charge in [-0.25, -0.2) is 9.97 Å². The Bertz CT molecular complexity index is 533. The van der Waals surface area contributed by atoms with E-state index in [1.54, 1.807) is 19.2 Å². The maximum Gasteiger partial charge on any atom is 0.224 e. The Morgan fingerprint density at radius 2 is 2.00 bits per heavy atom. The van der Waals surface area contributed by atoms with E-state index in [0.717, 1.165) is 4.47 Å². The summed E-state index contributed by atoms with van der Waals surface area (Å²) < 4.78 is 5.88. The van der Waals surface area contributed by atoms with Gasteiger partial charge in [-0.1, -0.05) is 11.6 Å². The van der Waals surface area contributed by atoms with Crippen LogP contribution in [0.2, 0.25) is 10.4 Å². The van der Waals surface area contributed by atoms with Crippen LogP contribution in [-0.4, -0.2) is 17.1 Å². The number of halogens is 3. The van der Waals surface area contributed by atoms with Crippen molar-refractivity contribution in [2.75, 3.05) is 7.11 Å². The van der Waals surface area contributed by atoms with Crippen molar-refractivity contribution in [2.45, 2.75) is 0 Å². The molecule has 0 aliphatic rings. The summed E-state index contributed by atoms with van der Waals surface area (Å²) in [7, 11) is 1.58. The number of rotatable bonds is 1. The first-order valence-electron chi connectivity index (χ1n) is 3.98. The minimum atomic E-state index is 0.123. The number of hydrogen-bond acceptors (Lipinski definition) is 3. The third-order valence-electron chi connectivity index (χ3n) is 1.89. The largest absolute Gasteiger partial charge is 0.497 e. The predicted molar refractivity (Wildman–Crippen MR) is 63.8 cm³/mol. The van der Waals surface area contributed by atoms with E-state index < -0.39 is 0 Å². The van der Waals surface area contributed by atoms with Gasteiger partial charge in [0.25, 0.3) is 0 Å². The molecule has 3 nitrogen and oxygen atoms in total. The van der Waals surface area contributed by atoms with Crippen molar-refractivity contribution in [3.63, 3.8) is 0 Å². The van der Waals surface area contributed by atoms with Crippen LogP contribution in [0, 0.1) is 0 Å². The van der Waals surface area contributed by atoms with Crippen LogP contribution < -0.4 is 4.74 Å². The average molecular weight is 308 g/mol. The molecule has 2 aromatic rings. The van der Waals surface area contributed by atoms with Crippen LogP contribution in [0.5, 0.6) is 5.75 Å². The summed E-state index contributed by atoms with van der Waals surface area (Å²) in [5.41, 5.74) is 0.667. The summed E-state index contributed by atoms with van der Waals surface area (Å²) >= 11 is 15.0. The smallest absolute Gasteiger partial charge is 0.224 e. The molecule has 6 heteroatoms. The molecule has 1 aromatic heterocycles. The zero-order valence-corrected chi connectivity index (χ0v) is 10.7. The number of nitrogens with zero attached hydrogens (tertiary/aromatic N) is 2. The number of fused-ring (bicyclic) bond motifs is 1. The summed E-state index contributed by atoms with van der Waals surface area (Å²) in [5.74, 6) is 0.683. The van der Waals surface area contributed by atoms with Crippen LogP contribution >= 0.6 is 39.1 Å². The van der Waals surface area contributed by atoms with Gasteiger partial charge >= 0.3 is 0 Å². The molecule has 0 bridgehead atoms. The van der Waals surface area contributed by atoms with Crippen molar-refractivity contribution >= 4 is 50.0 Å². The average Bonchev–Trinajstić information content (AvgIpc) is 2.19. The van der Waals surface area contributed by atoms with E-state index in [1.165, 1.54) is 0 Å². The monoisotopic (exact) mass is 306 g/mol. The van der Waals surface area contributed by atoms with Crippen molar-refractivity contribution in [1.29, 1.82) is 0 Å². The van der Waals surface area contributed by atoms with Gasteiger partial charge in [-0.05, 0) is 39.7 Å². The topological polar surface area (TPSA) is 35.0 Å². The summed E-state index contributed by atoms with van der Waals surface area (Å²) in [4.78, 5) is 7.94. The van der Waals surface area contributed by atoms with Gasteiger partial charge in [-0.15, -0.1) is 0 Å². The SMILES string of the molecule is COc1cc(Br)c2nc(Cl)nc(Cl)c2c1. The Labute approximate surface area is 105 Å². The molecule has 0 spiro atoms. The zero-order valence-electron chi connectivity index (χ0n) is 7.59. The van der Waals surface area contributed by atoms with Crippen LogP contribution in [-0.2, 0) is 0 Å². The molecule has 1 aromatic carbocycles. The normalized spacial score (nSPS) is 10.7. The maximum absolute atomic E-state index is 5.95. The lowest BCUT2D eigenvalue weighted by Gasteiger charge is -2.05.